The summed E-state index contributed by atoms with van der Waals surface area (Å²) in [4.78, 5) is 2.97. The van der Waals surface area contributed by atoms with Gasteiger partial charge in [0.05, 0.1) is 0 Å². The van der Waals surface area contributed by atoms with Gasteiger partial charge in [0, 0.05) is 18.1 Å². The van der Waals surface area contributed by atoms with E-state index in [1.54, 1.807) is 0 Å². The van der Waals surface area contributed by atoms with E-state index < -0.39 is 0 Å². The van der Waals surface area contributed by atoms with E-state index in [4.69, 9.17) is 0 Å². The molecule has 0 aromatic heterocycles. The van der Waals surface area contributed by atoms with Gasteiger partial charge < -0.3 is 5.32 Å². The molecule has 1 saturated heterocycles. The van der Waals surface area contributed by atoms with Crippen molar-refractivity contribution in [2.45, 2.75) is 96.2 Å². The first-order valence-corrected chi connectivity index (χ1v) is 9.82. The molecular formula is C19H36N2. The lowest BCUT2D eigenvalue weighted by molar-refractivity contribution is 0.0641. The third-order valence-corrected chi connectivity index (χ3v) is 6.64. The summed E-state index contributed by atoms with van der Waals surface area (Å²) < 4.78 is 0. The first-order valence-electron chi connectivity index (χ1n) is 9.82. The van der Waals surface area contributed by atoms with Gasteiger partial charge in [0.15, 0.2) is 0 Å². The summed E-state index contributed by atoms with van der Waals surface area (Å²) in [5.74, 6) is 2.02. The molecule has 2 saturated carbocycles. The maximum atomic E-state index is 3.90. The topological polar surface area (TPSA) is 15.3 Å². The lowest BCUT2D eigenvalue weighted by atomic mass is 9.78. The molecule has 0 bridgehead atoms. The molecule has 0 amide bonds. The Bertz CT molecular complexity index is 317. The second kappa shape index (κ2) is 7.46. The highest BCUT2D eigenvalue weighted by atomic mass is 15.2. The highest BCUT2D eigenvalue weighted by Gasteiger charge is 2.43. The second-order valence-electron chi connectivity index (χ2n) is 7.85. The van der Waals surface area contributed by atoms with Crippen LogP contribution in [0.5, 0.6) is 0 Å². The molecule has 0 aromatic carbocycles. The third-order valence-electron chi connectivity index (χ3n) is 6.64. The predicted octanol–water partition coefficient (Wildman–Crippen LogP) is 4.20. The number of hydrogen-bond donors (Lipinski definition) is 1. The van der Waals surface area contributed by atoms with Gasteiger partial charge in [0.2, 0.25) is 0 Å². The van der Waals surface area contributed by atoms with Crippen LogP contribution in [0.1, 0.15) is 78.1 Å². The van der Waals surface area contributed by atoms with Crippen molar-refractivity contribution >= 4 is 0 Å². The van der Waals surface area contributed by atoms with Crippen molar-refractivity contribution in [3.8, 4) is 0 Å². The maximum absolute atomic E-state index is 3.90. The van der Waals surface area contributed by atoms with Crippen LogP contribution in [0.25, 0.3) is 0 Å². The van der Waals surface area contributed by atoms with Gasteiger partial charge in [-0.2, -0.15) is 0 Å². The van der Waals surface area contributed by atoms with Crippen LogP contribution < -0.4 is 5.32 Å². The molecule has 1 heterocycles. The average molecular weight is 293 g/mol. The van der Waals surface area contributed by atoms with Crippen molar-refractivity contribution in [1.29, 1.82) is 0 Å². The highest BCUT2D eigenvalue weighted by molar-refractivity contribution is 4.99. The molecule has 122 valence electrons. The monoisotopic (exact) mass is 292 g/mol. The van der Waals surface area contributed by atoms with Gasteiger partial charge in [-0.1, -0.05) is 33.1 Å². The summed E-state index contributed by atoms with van der Waals surface area (Å²) in [6.07, 6.45) is 14.4. The Morgan fingerprint density at radius 1 is 0.952 bits per heavy atom. The number of fused-ring (bicyclic) bond motifs is 1. The Balaban J connectivity index is 1.68. The minimum atomic E-state index is 0.772. The first-order chi connectivity index (χ1) is 10.3. The summed E-state index contributed by atoms with van der Waals surface area (Å²) in [5, 5.41) is 3.90. The Kier molecular flexibility index (Phi) is 5.61. The van der Waals surface area contributed by atoms with Gasteiger partial charge in [-0.25, -0.2) is 0 Å². The molecule has 2 heteroatoms. The molecule has 0 spiro atoms. The Labute approximate surface area is 132 Å². The molecule has 0 aromatic rings. The molecule has 2 nitrogen and oxygen atoms in total. The number of likely N-dealkylation sites (tertiary alicyclic amines) is 1. The van der Waals surface area contributed by atoms with E-state index in [1.807, 2.05) is 0 Å². The molecule has 21 heavy (non-hydrogen) atoms. The summed E-state index contributed by atoms with van der Waals surface area (Å²) in [6.45, 7) is 7.29. The molecule has 3 fully saturated rings. The zero-order valence-corrected chi connectivity index (χ0v) is 14.3. The largest absolute Gasteiger partial charge is 0.312 e. The van der Waals surface area contributed by atoms with Crippen LogP contribution in [0.15, 0.2) is 0 Å². The van der Waals surface area contributed by atoms with Gasteiger partial charge >= 0.3 is 0 Å². The molecule has 5 unspecified atom stereocenters. The summed E-state index contributed by atoms with van der Waals surface area (Å²) >= 11 is 0. The third kappa shape index (κ3) is 3.47. The van der Waals surface area contributed by atoms with E-state index in [9.17, 15) is 0 Å². The number of nitrogens with zero attached hydrogens (tertiary/aromatic N) is 1. The maximum Gasteiger partial charge on any atom is 0.0255 e. The average Bonchev–Trinajstić information content (AvgIpc) is 2.96. The smallest absolute Gasteiger partial charge is 0.0255 e. The molecule has 1 aliphatic heterocycles. The first kappa shape index (κ1) is 15.8. The van der Waals surface area contributed by atoms with E-state index in [1.165, 1.54) is 77.3 Å². The van der Waals surface area contributed by atoms with Crippen LogP contribution in [-0.4, -0.2) is 36.1 Å². The van der Waals surface area contributed by atoms with Crippen LogP contribution in [0.3, 0.4) is 0 Å². The molecule has 3 aliphatic rings. The fourth-order valence-corrected chi connectivity index (χ4v) is 5.39. The zero-order valence-electron chi connectivity index (χ0n) is 14.3. The van der Waals surface area contributed by atoms with Gasteiger partial charge in [0.1, 0.15) is 0 Å². The van der Waals surface area contributed by atoms with Crippen molar-refractivity contribution in [3.05, 3.63) is 0 Å². The zero-order chi connectivity index (χ0) is 14.7. The SMILES string of the molecule is CCCNC1CCC(CC)CC1N1CCC2CCCCC21. The van der Waals surface area contributed by atoms with Crippen LogP contribution in [0.4, 0.5) is 0 Å². The van der Waals surface area contributed by atoms with E-state index in [0.717, 1.165) is 30.0 Å². The van der Waals surface area contributed by atoms with Crippen LogP contribution in [-0.2, 0) is 0 Å². The van der Waals surface area contributed by atoms with Crippen LogP contribution in [0, 0.1) is 11.8 Å². The lowest BCUT2D eigenvalue weighted by Crippen LogP contribution is -2.55. The lowest BCUT2D eigenvalue weighted by Gasteiger charge is -2.45. The molecular weight excluding hydrogens is 256 g/mol. The normalized spacial score (nSPS) is 41.1. The predicted molar refractivity (Wildman–Crippen MR) is 90.6 cm³/mol. The standard InChI is InChI=1S/C19H36N2/c1-3-12-20-17-10-9-15(4-2)14-19(17)21-13-11-16-7-5-6-8-18(16)21/h15-20H,3-14H2,1-2H3. The summed E-state index contributed by atoms with van der Waals surface area (Å²) in [5.41, 5.74) is 0. The molecule has 1 N–H and O–H groups in total. The summed E-state index contributed by atoms with van der Waals surface area (Å²) in [6, 6.07) is 2.54. The van der Waals surface area contributed by atoms with Crippen molar-refractivity contribution in [2.75, 3.05) is 13.1 Å². The number of hydrogen-bond acceptors (Lipinski definition) is 2. The van der Waals surface area contributed by atoms with Gasteiger partial charge in [0.25, 0.3) is 0 Å². The van der Waals surface area contributed by atoms with Crippen molar-refractivity contribution in [2.24, 2.45) is 11.8 Å². The Morgan fingerprint density at radius 3 is 2.62 bits per heavy atom. The fourth-order valence-electron chi connectivity index (χ4n) is 5.39. The van der Waals surface area contributed by atoms with Crippen LogP contribution in [0.2, 0.25) is 0 Å². The fraction of sp³-hybridized carbons (Fsp3) is 1.00. The van der Waals surface area contributed by atoms with Gasteiger partial charge in [-0.15, -0.1) is 0 Å². The Morgan fingerprint density at radius 2 is 1.81 bits per heavy atom. The molecule has 3 rings (SSSR count). The van der Waals surface area contributed by atoms with E-state index in [0.29, 0.717) is 0 Å². The van der Waals surface area contributed by atoms with Crippen molar-refractivity contribution < 1.29 is 0 Å². The van der Waals surface area contributed by atoms with Crippen molar-refractivity contribution in [1.82, 2.24) is 10.2 Å². The number of nitrogens with one attached hydrogen (secondary N) is 1. The van der Waals surface area contributed by atoms with E-state index >= 15 is 0 Å². The molecule has 2 aliphatic carbocycles. The van der Waals surface area contributed by atoms with Crippen molar-refractivity contribution in [3.63, 3.8) is 0 Å². The highest BCUT2D eigenvalue weighted by Crippen LogP contribution is 2.41. The molecule has 0 radical (unpaired) electrons. The minimum Gasteiger partial charge on any atom is -0.312 e. The summed E-state index contributed by atoms with van der Waals surface area (Å²) in [7, 11) is 0. The molecule has 5 atom stereocenters. The van der Waals surface area contributed by atoms with Crippen LogP contribution >= 0.6 is 0 Å². The van der Waals surface area contributed by atoms with E-state index in [-0.39, 0.29) is 0 Å². The van der Waals surface area contributed by atoms with Gasteiger partial charge in [-0.3, -0.25) is 4.90 Å². The quantitative estimate of drug-likeness (QED) is 0.817. The Hall–Kier alpha value is -0.0800. The van der Waals surface area contributed by atoms with Gasteiger partial charge in [-0.05, 0) is 69.9 Å². The van der Waals surface area contributed by atoms with E-state index in [2.05, 4.69) is 24.1 Å². The minimum absolute atomic E-state index is 0.772. The second-order valence-corrected chi connectivity index (χ2v) is 7.85. The number of rotatable bonds is 5.